The third kappa shape index (κ3) is 4.73. The van der Waals surface area contributed by atoms with E-state index < -0.39 is 5.41 Å². The average Bonchev–Trinajstić information content (AvgIpc) is 3.10. The lowest BCUT2D eigenvalue weighted by Crippen LogP contribution is -2.44. The lowest BCUT2D eigenvalue weighted by atomic mass is 9.78. The minimum Gasteiger partial charge on any atom is -0.382 e. The predicted octanol–water partition coefficient (Wildman–Crippen LogP) is 4.34. The molecule has 1 heterocycles. The minimum absolute atomic E-state index is 0.0319. The highest BCUT2D eigenvalue weighted by atomic mass is 32.1. The van der Waals surface area contributed by atoms with E-state index in [1.807, 2.05) is 62.4 Å². The van der Waals surface area contributed by atoms with Gasteiger partial charge in [0, 0.05) is 26.2 Å². The number of benzene rings is 2. The van der Waals surface area contributed by atoms with Crippen molar-refractivity contribution in [3.63, 3.8) is 0 Å². The number of thiazole rings is 1. The molecule has 0 spiro atoms. The van der Waals surface area contributed by atoms with Crippen molar-refractivity contribution < 1.29 is 9.53 Å². The summed E-state index contributed by atoms with van der Waals surface area (Å²) < 4.78 is 6.51. The van der Waals surface area contributed by atoms with E-state index in [1.54, 1.807) is 11.3 Å². The predicted molar refractivity (Wildman–Crippen MR) is 111 cm³/mol. The number of nitrogens with zero attached hydrogens (tertiary/aromatic N) is 1. The zero-order valence-electron chi connectivity index (χ0n) is 15.9. The van der Waals surface area contributed by atoms with E-state index in [4.69, 9.17) is 9.72 Å². The van der Waals surface area contributed by atoms with Crippen molar-refractivity contribution in [2.45, 2.75) is 32.1 Å². The molecule has 0 saturated heterocycles. The summed E-state index contributed by atoms with van der Waals surface area (Å²) in [5, 5.41) is 4.07. The molecule has 5 heteroatoms. The Morgan fingerprint density at radius 1 is 1.15 bits per heavy atom. The number of fused-ring (bicyclic) bond motifs is 1. The number of hydrogen-bond donors (Lipinski definition) is 1. The number of amides is 1. The molecule has 27 heavy (non-hydrogen) atoms. The normalized spacial score (nSPS) is 13.4. The summed E-state index contributed by atoms with van der Waals surface area (Å²) in [7, 11) is 0. The number of rotatable bonds is 9. The molecule has 0 unspecified atom stereocenters. The number of carbonyl (C=O) groups excluding carboxylic acids is 1. The first-order chi connectivity index (χ1) is 13.1. The van der Waals surface area contributed by atoms with Crippen LogP contribution >= 0.6 is 11.3 Å². The number of para-hydroxylation sites is 1. The molecule has 0 aliphatic rings. The van der Waals surface area contributed by atoms with Crippen molar-refractivity contribution in [2.24, 2.45) is 0 Å². The maximum absolute atomic E-state index is 13.1. The van der Waals surface area contributed by atoms with Crippen LogP contribution in [-0.2, 0) is 21.4 Å². The van der Waals surface area contributed by atoms with Gasteiger partial charge in [-0.15, -0.1) is 11.3 Å². The highest BCUT2D eigenvalue weighted by Crippen LogP contribution is 2.32. The minimum atomic E-state index is -0.666. The van der Waals surface area contributed by atoms with Gasteiger partial charge in [-0.25, -0.2) is 4.98 Å². The van der Waals surface area contributed by atoms with Gasteiger partial charge in [-0.2, -0.15) is 0 Å². The molecule has 1 amide bonds. The lowest BCUT2D eigenvalue weighted by molar-refractivity contribution is -0.126. The second-order valence-electron chi connectivity index (χ2n) is 6.76. The Morgan fingerprint density at radius 2 is 1.89 bits per heavy atom. The van der Waals surface area contributed by atoms with E-state index in [-0.39, 0.29) is 5.91 Å². The van der Waals surface area contributed by atoms with Gasteiger partial charge in [0.15, 0.2) is 0 Å². The first-order valence-corrected chi connectivity index (χ1v) is 10.2. The molecule has 0 fully saturated rings. The highest BCUT2D eigenvalue weighted by Gasteiger charge is 2.36. The van der Waals surface area contributed by atoms with Crippen molar-refractivity contribution in [1.29, 1.82) is 0 Å². The number of nitrogens with one attached hydrogen (secondary N) is 1. The number of aromatic nitrogens is 1. The maximum atomic E-state index is 13.1. The van der Waals surface area contributed by atoms with Gasteiger partial charge in [0.2, 0.25) is 5.91 Å². The van der Waals surface area contributed by atoms with Crippen molar-refractivity contribution >= 4 is 27.5 Å². The third-order valence-corrected chi connectivity index (χ3v) is 5.75. The Bertz CT molecular complexity index is 845. The van der Waals surface area contributed by atoms with E-state index in [1.165, 1.54) is 0 Å². The molecule has 1 aromatic heterocycles. The van der Waals surface area contributed by atoms with Gasteiger partial charge in [0.25, 0.3) is 0 Å². The van der Waals surface area contributed by atoms with Crippen LogP contribution in [0.1, 0.15) is 30.8 Å². The molecule has 0 aliphatic carbocycles. The van der Waals surface area contributed by atoms with Crippen LogP contribution < -0.4 is 5.32 Å². The van der Waals surface area contributed by atoms with E-state index in [0.717, 1.165) is 27.2 Å². The van der Waals surface area contributed by atoms with Crippen LogP contribution in [0.2, 0.25) is 0 Å². The molecule has 0 saturated carbocycles. The Hall–Kier alpha value is -2.24. The molecule has 1 N–H and O–H groups in total. The van der Waals surface area contributed by atoms with E-state index in [0.29, 0.717) is 26.2 Å². The van der Waals surface area contributed by atoms with Crippen molar-refractivity contribution in [3.8, 4) is 0 Å². The molecular weight excluding hydrogens is 356 g/mol. The van der Waals surface area contributed by atoms with Crippen LogP contribution in [0.15, 0.2) is 54.6 Å². The van der Waals surface area contributed by atoms with Gasteiger partial charge in [-0.1, -0.05) is 42.5 Å². The average molecular weight is 383 g/mol. The summed E-state index contributed by atoms with van der Waals surface area (Å²) in [5.41, 5.74) is 1.33. The van der Waals surface area contributed by atoms with Crippen LogP contribution in [0.25, 0.3) is 10.2 Å². The molecule has 1 atom stereocenters. The Balaban J connectivity index is 1.80. The zero-order chi connectivity index (χ0) is 19.1. The lowest BCUT2D eigenvalue weighted by Gasteiger charge is -2.28. The van der Waals surface area contributed by atoms with Crippen molar-refractivity contribution in [1.82, 2.24) is 10.3 Å². The zero-order valence-corrected chi connectivity index (χ0v) is 16.7. The summed E-state index contributed by atoms with van der Waals surface area (Å²) in [6.45, 7) is 5.96. The van der Waals surface area contributed by atoms with Gasteiger partial charge in [0.1, 0.15) is 0 Å². The summed E-state index contributed by atoms with van der Waals surface area (Å²) in [6.07, 6.45) is 1.39. The van der Waals surface area contributed by atoms with E-state index in [2.05, 4.69) is 11.4 Å². The van der Waals surface area contributed by atoms with Crippen LogP contribution in [0.4, 0.5) is 0 Å². The van der Waals surface area contributed by atoms with Crippen LogP contribution in [-0.4, -0.2) is 30.6 Å². The molecule has 2 aromatic carbocycles. The third-order valence-electron chi connectivity index (χ3n) is 4.71. The molecule has 0 radical (unpaired) electrons. The number of hydrogen-bond acceptors (Lipinski definition) is 4. The molecule has 0 bridgehead atoms. The number of carbonyl (C=O) groups is 1. The first-order valence-electron chi connectivity index (χ1n) is 9.39. The van der Waals surface area contributed by atoms with Gasteiger partial charge in [-0.3, -0.25) is 4.79 Å². The van der Waals surface area contributed by atoms with Gasteiger partial charge in [-0.05, 0) is 38.0 Å². The fraction of sp³-hybridized carbons (Fsp3) is 0.364. The smallest absolute Gasteiger partial charge is 0.230 e. The van der Waals surface area contributed by atoms with Gasteiger partial charge in [0.05, 0.1) is 20.6 Å². The molecule has 3 aromatic rings. The molecule has 4 nitrogen and oxygen atoms in total. The van der Waals surface area contributed by atoms with E-state index in [9.17, 15) is 4.79 Å². The Morgan fingerprint density at radius 3 is 2.63 bits per heavy atom. The van der Waals surface area contributed by atoms with Crippen molar-refractivity contribution in [2.75, 3.05) is 19.8 Å². The van der Waals surface area contributed by atoms with Gasteiger partial charge < -0.3 is 10.1 Å². The van der Waals surface area contributed by atoms with Crippen molar-refractivity contribution in [3.05, 3.63) is 65.2 Å². The quantitative estimate of drug-likeness (QED) is 0.560. The summed E-state index contributed by atoms with van der Waals surface area (Å²) in [6, 6.07) is 18.1. The van der Waals surface area contributed by atoms with Crippen LogP contribution in [0.5, 0.6) is 0 Å². The summed E-state index contributed by atoms with van der Waals surface area (Å²) in [5.74, 6) is 0.0319. The fourth-order valence-electron chi connectivity index (χ4n) is 3.13. The Labute approximate surface area is 164 Å². The second kappa shape index (κ2) is 9.11. The van der Waals surface area contributed by atoms with Gasteiger partial charge >= 0.3 is 0 Å². The summed E-state index contributed by atoms with van der Waals surface area (Å²) in [4.78, 5) is 17.9. The molecule has 142 valence electrons. The first kappa shape index (κ1) is 19.5. The monoisotopic (exact) mass is 382 g/mol. The molecule has 0 aliphatic heterocycles. The second-order valence-corrected chi connectivity index (χ2v) is 7.87. The fourth-order valence-corrected chi connectivity index (χ4v) is 4.26. The largest absolute Gasteiger partial charge is 0.382 e. The summed E-state index contributed by atoms with van der Waals surface area (Å²) >= 11 is 1.66. The SMILES string of the molecule is CCOCCCNC(=O)[C@](C)(Cc1nc2ccccc2s1)c1ccccc1. The highest BCUT2D eigenvalue weighted by molar-refractivity contribution is 7.18. The standard InChI is InChI=1S/C22H26N2O2S/c1-3-26-15-9-14-23-21(25)22(2,17-10-5-4-6-11-17)16-20-24-18-12-7-8-13-19(18)27-20/h4-8,10-13H,3,9,14-16H2,1-2H3,(H,23,25)/t22-/m1/s1. The van der Waals surface area contributed by atoms with Crippen LogP contribution in [0, 0.1) is 0 Å². The molecular formula is C22H26N2O2S. The Kier molecular flexibility index (Phi) is 6.58. The maximum Gasteiger partial charge on any atom is 0.230 e. The topological polar surface area (TPSA) is 51.2 Å². The molecule has 3 rings (SSSR count). The van der Waals surface area contributed by atoms with E-state index >= 15 is 0 Å². The number of ether oxygens (including phenoxy) is 1. The van der Waals surface area contributed by atoms with Crippen LogP contribution in [0.3, 0.4) is 0 Å².